The van der Waals surface area contributed by atoms with E-state index in [1.54, 1.807) is 25.3 Å². The Hall–Kier alpha value is -1.42. The summed E-state index contributed by atoms with van der Waals surface area (Å²) >= 11 is 12.0. The average Bonchev–Trinajstić information content (AvgIpc) is 2.47. The Morgan fingerprint density at radius 2 is 1.95 bits per heavy atom. The molecule has 0 aliphatic carbocycles. The summed E-state index contributed by atoms with van der Waals surface area (Å²) in [5.41, 5.74) is 0.994. The maximum absolute atomic E-state index is 6.10. The molecule has 2 aromatic carbocycles. The van der Waals surface area contributed by atoms with Crippen LogP contribution in [0.3, 0.4) is 0 Å². The lowest BCUT2D eigenvalue weighted by Gasteiger charge is -2.10. The lowest BCUT2D eigenvalue weighted by atomic mass is 10.3. The van der Waals surface area contributed by atoms with Crippen LogP contribution in [0.4, 0.5) is 5.69 Å². The van der Waals surface area contributed by atoms with Crippen LogP contribution in [-0.2, 0) is 4.74 Å². The Morgan fingerprint density at radius 3 is 2.71 bits per heavy atom. The third-order valence-corrected chi connectivity index (χ3v) is 3.34. The molecule has 0 saturated heterocycles. The van der Waals surface area contributed by atoms with E-state index in [2.05, 4.69) is 5.32 Å². The van der Waals surface area contributed by atoms with Gasteiger partial charge in [-0.05, 0) is 36.8 Å². The van der Waals surface area contributed by atoms with Crippen LogP contribution < -0.4 is 10.1 Å². The predicted molar refractivity (Wildman–Crippen MR) is 88.0 cm³/mol. The first-order valence-corrected chi connectivity index (χ1v) is 7.40. The van der Waals surface area contributed by atoms with Crippen molar-refractivity contribution in [1.82, 2.24) is 0 Å². The molecule has 112 valence electrons. The normalized spacial score (nSPS) is 10.4. The fourth-order valence-corrected chi connectivity index (χ4v) is 2.25. The first kappa shape index (κ1) is 16.0. The van der Waals surface area contributed by atoms with E-state index in [0.717, 1.165) is 31.0 Å². The highest BCUT2D eigenvalue weighted by molar-refractivity contribution is 6.35. The largest absolute Gasteiger partial charge is 0.456 e. The van der Waals surface area contributed by atoms with Gasteiger partial charge in [0.25, 0.3) is 0 Å². The van der Waals surface area contributed by atoms with Crippen molar-refractivity contribution in [2.24, 2.45) is 0 Å². The van der Waals surface area contributed by atoms with E-state index in [4.69, 9.17) is 32.7 Å². The molecular weight excluding hydrogens is 309 g/mol. The van der Waals surface area contributed by atoms with E-state index in [1.165, 1.54) is 0 Å². The number of hydrogen-bond acceptors (Lipinski definition) is 3. The molecule has 0 fully saturated rings. The summed E-state index contributed by atoms with van der Waals surface area (Å²) in [4.78, 5) is 0. The van der Waals surface area contributed by atoms with Crippen LogP contribution in [0.1, 0.15) is 6.42 Å². The van der Waals surface area contributed by atoms with E-state index < -0.39 is 0 Å². The van der Waals surface area contributed by atoms with Gasteiger partial charge in [-0.25, -0.2) is 0 Å². The lowest BCUT2D eigenvalue weighted by Crippen LogP contribution is -2.04. The maximum atomic E-state index is 6.10. The molecule has 0 saturated carbocycles. The van der Waals surface area contributed by atoms with E-state index in [0.29, 0.717) is 15.8 Å². The second-order valence-corrected chi connectivity index (χ2v) is 5.32. The highest BCUT2D eigenvalue weighted by atomic mass is 35.5. The topological polar surface area (TPSA) is 30.5 Å². The molecule has 21 heavy (non-hydrogen) atoms. The van der Waals surface area contributed by atoms with Gasteiger partial charge in [0.05, 0.1) is 5.02 Å². The third kappa shape index (κ3) is 5.12. The number of hydrogen-bond donors (Lipinski definition) is 1. The summed E-state index contributed by atoms with van der Waals surface area (Å²) in [5.74, 6) is 1.30. The zero-order chi connectivity index (χ0) is 15.1. The Balaban J connectivity index is 2.00. The molecule has 0 aliphatic heterocycles. The molecule has 0 unspecified atom stereocenters. The van der Waals surface area contributed by atoms with Crippen molar-refractivity contribution in [2.75, 3.05) is 25.6 Å². The third-order valence-electron chi connectivity index (χ3n) is 2.81. The molecule has 3 nitrogen and oxygen atoms in total. The summed E-state index contributed by atoms with van der Waals surface area (Å²) in [5, 5.41) is 4.39. The van der Waals surface area contributed by atoms with Crippen LogP contribution >= 0.6 is 23.2 Å². The molecule has 0 aliphatic rings. The Bertz CT molecular complexity index is 590. The Kier molecular flexibility index (Phi) is 6.18. The molecule has 0 heterocycles. The lowest BCUT2D eigenvalue weighted by molar-refractivity contribution is 0.198. The number of methoxy groups -OCH3 is 1. The molecule has 0 amide bonds. The number of halogens is 2. The number of ether oxygens (including phenoxy) is 2. The number of benzene rings is 2. The van der Waals surface area contributed by atoms with Crippen molar-refractivity contribution in [3.05, 3.63) is 52.5 Å². The molecule has 5 heteroatoms. The molecule has 1 N–H and O–H groups in total. The zero-order valence-electron chi connectivity index (χ0n) is 11.7. The van der Waals surface area contributed by atoms with E-state index >= 15 is 0 Å². The van der Waals surface area contributed by atoms with Gasteiger partial charge in [-0.3, -0.25) is 0 Å². The first-order valence-electron chi connectivity index (χ1n) is 6.65. The van der Waals surface area contributed by atoms with Gasteiger partial charge in [0, 0.05) is 37.0 Å². The van der Waals surface area contributed by atoms with Gasteiger partial charge in [-0.2, -0.15) is 0 Å². The van der Waals surface area contributed by atoms with Crippen molar-refractivity contribution >= 4 is 28.9 Å². The van der Waals surface area contributed by atoms with Crippen molar-refractivity contribution in [1.29, 1.82) is 0 Å². The highest BCUT2D eigenvalue weighted by Crippen LogP contribution is 2.32. The molecule has 0 radical (unpaired) electrons. The predicted octanol–water partition coefficient (Wildman–Crippen LogP) is 5.23. The van der Waals surface area contributed by atoms with Gasteiger partial charge in [-0.15, -0.1) is 0 Å². The summed E-state index contributed by atoms with van der Waals surface area (Å²) < 4.78 is 10.8. The van der Waals surface area contributed by atoms with Crippen molar-refractivity contribution in [3.8, 4) is 11.5 Å². The summed E-state index contributed by atoms with van der Waals surface area (Å²) in [6, 6.07) is 12.9. The van der Waals surface area contributed by atoms with Gasteiger partial charge in [0.2, 0.25) is 0 Å². The SMILES string of the molecule is COCCCNc1cccc(Oc2ccc(Cl)cc2Cl)c1. The van der Waals surface area contributed by atoms with Crippen LogP contribution in [0.15, 0.2) is 42.5 Å². The van der Waals surface area contributed by atoms with Crippen molar-refractivity contribution in [3.63, 3.8) is 0 Å². The number of nitrogens with one attached hydrogen (secondary N) is 1. The number of rotatable bonds is 7. The molecule has 0 spiro atoms. The molecule has 2 aromatic rings. The number of anilines is 1. The average molecular weight is 326 g/mol. The van der Waals surface area contributed by atoms with Crippen LogP contribution in [0.2, 0.25) is 10.0 Å². The highest BCUT2D eigenvalue weighted by Gasteiger charge is 2.04. The molecule has 0 bridgehead atoms. The minimum absolute atomic E-state index is 0.487. The minimum atomic E-state index is 0.487. The van der Waals surface area contributed by atoms with Gasteiger partial charge in [0.1, 0.15) is 11.5 Å². The zero-order valence-corrected chi connectivity index (χ0v) is 13.2. The monoisotopic (exact) mass is 325 g/mol. The summed E-state index contributed by atoms with van der Waals surface area (Å²) in [7, 11) is 1.70. The van der Waals surface area contributed by atoms with Crippen LogP contribution in [0.25, 0.3) is 0 Å². The van der Waals surface area contributed by atoms with E-state index in [-0.39, 0.29) is 0 Å². The summed E-state index contributed by atoms with van der Waals surface area (Å²) in [6.45, 7) is 1.59. The Labute approximate surface area is 134 Å². The first-order chi connectivity index (χ1) is 10.2. The smallest absolute Gasteiger partial charge is 0.146 e. The fraction of sp³-hybridized carbons (Fsp3) is 0.250. The van der Waals surface area contributed by atoms with Crippen LogP contribution in [0, 0.1) is 0 Å². The Morgan fingerprint density at radius 1 is 1.10 bits per heavy atom. The molecule has 0 aromatic heterocycles. The van der Waals surface area contributed by atoms with Gasteiger partial charge in [0.15, 0.2) is 0 Å². The molecular formula is C16H17Cl2NO2. The molecule has 0 atom stereocenters. The minimum Gasteiger partial charge on any atom is -0.456 e. The summed E-state index contributed by atoms with van der Waals surface area (Å²) in [6.07, 6.45) is 0.949. The second-order valence-electron chi connectivity index (χ2n) is 4.48. The van der Waals surface area contributed by atoms with Gasteiger partial charge < -0.3 is 14.8 Å². The quantitative estimate of drug-likeness (QED) is 0.706. The standard InChI is InChI=1S/C16H17Cl2NO2/c1-20-9-3-8-19-13-4-2-5-14(11-13)21-16-7-6-12(17)10-15(16)18/h2,4-7,10-11,19H,3,8-9H2,1H3. The van der Waals surface area contributed by atoms with Crippen molar-refractivity contribution in [2.45, 2.75) is 6.42 Å². The van der Waals surface area contributed by atoms with Gasteiger partial charge >= 0.3 is 0 Å². The van der Waals surface area contributed by atoms with Gasteiger partial charge in [-0.1, -0.05) is 29.3 Å². The fourth-order valence-electron chi connectivity index (χ4n) is 1.80. The van der Waals surface area contributed by atoms with Crippen molar-refractivity contribution < 1.29 is 9.47 Å². The molecule has 2 rings (SSSR count). The maximum Gasteiger partial charge on any atom is 0.146 e. The van der Waals surface area contributed by atoms with Crippen LogP contribution in [-0.4, -0.2) is 20.3 Å². The second kappa shape index (κ2) is 8.13. The van der Waals surface area contributed by atoms with E-state index in [1.807, 2.05) is 24.3 Å². The van der Waals surface area contributed by atoms with Crippen LogP contribution in [0.5, 0.6) is 11.5 Å². The van der Waals surface area contributed by atoms with E-state index in [9.17, 15) is 0 Å².